The smallest absolute Gasteiger partial charge is 0.191 e. The summed E-state index contributed by atoms with van der Waals surface area (Å²) in [5.74, 6) is 1.57. The minimum absolute atomic E-state index is 0.643. The number of aliphatic imine (C=N–C) groups is 1. The fraction of sp³-hybridized carbons (Fsp3) is 0.167. The van der Waals surface area contributed by atoms with E-state index in [0.29, 0.717) is 13.1 Å². The number of nitrogens with zero attached hydrogens (tertiary/aromatic N) is 4. The van der Waals surface area contributed by atoms with Gasteiger partial charge in [-0.15, -0.1) is 0 Å². The average Bonchev–Trinajstić information content (AvgIpc) is 3.18. The molecule has 0 aliphatic rings. The summed E-state index contributed by atoms with van der Waals surface area (Å²) in [6.07, 6.45) is 7.11. The van der Waals surface area contributed by atoms with Gasteiger partial charge in [-0.25, -0.2) is 9.97 Å². The van der Waals surface area contributed by atoms with Crippen LogP contribution in [-0.4, -0.2) is 27.5 Å². The molecular weight excluding hydrogens is 336 g/mol. The van der Waals surface area contributed by atoms with E-state index >= 15 is 0 Å². The van der Waals surface area contributed by atoms with Crippen LogP contribution in [0.4, 0.5) is 0 Å². The highest BCUT2D eigenvalue weighted by atomic mass is 35.5. The highest BCUT2D eigenvalue weighted by Crippen LogP contribution is 2.09. The highest BCUT2D eigenvalue weighted by molar-refractivity contribution is 6.30. The molecule has 0 unspecified atom stereocenters. The Bertz CT molecular complexity index is 827. The predicted octanol–water partition coefficient (Wildman–Crippen LogP) is 2.79. The van der Waals surface area contributed by atoms with Gasteiger partial charge in [0.05, 0.1) is 0 Å². The van der Waals surface area contributed by atoms with E-state index in [2.05, 4.69) is 25.6 Å². The maximum Gasteiger partial charge on any atom is 0.191 e. The molecule has 7 heteroatoms. The van der Waals surface area contributed by atoms with Crippen molar-refractivity contribution >= 4 is 17.6 Å². The topological polar surface area (TPSA) is 67.1 Å². The van der Waals surface area contributed by atoms with Gasteiger partial charge in [-0.05, 0) is 35.4 Å². The number of halogens is 1. The molecule has 0 atom stereocenters. The van der Waals surface area contributed by atoms with E-state index in [1.165, 1.54) is 0 Å². The molecule has 2 heterocycles. The minimum Gasteiger partial charge on any atom is -0.352 e. The molecule has 0 saturated heterocycles. The van der Waals surface area contributed by atoms with Crippen LogP contribution in [0.25, 0.3) is 5.82 Å². The molecule has 2 N–H and O–H groups in total. The van der Waals surface area contributed by atoms with Gasteiger partial charge in [0.15, 0.2) is 5.96 Å². The molecular formula is C18H19ClN6. The molecule has 25 heavy (non-hydrogen) atoms. The Morgan fingerprint density at radius 1 is 1.08 bits per heavy atom. The Kier molecular flexibility index (Phi) is 5.64. The van der Waals surface area contributed by atoms with Gasteiger partial charge in [-0.3, -0.25) is 9.56 Å². The third-order valence-electron chi connectivity index (χ3n) is 3.64. The largest absolute Gasteiger partial charge is 0.352 e. The predicted molar refractivity (Wildman–Crippen MR) is 99.8 cm³/mol. The molecule has 3 rings (SSSR count). The van der Waals surface area contributed by atoms with Crippen LogP contribution < -0.4 is 10.6 Å². The van der Waals surface area contributed by atoms with Gasteiger partial charge in [0.2, 0.25) is 0 Å². The normalized spacial score (nSPS) is 11.4. The first-order valence-electron chi connectivity index (χ1n) is 7.87. The zero-order chi connectivity index (χ0) is 17.5. The van der Waals surface area contributed by atoms with Crippen molar-refractivity contribution in [3.8, 4) is 5.82 Å². The van der Waals surface area contributed by atoms with Crippen LogP contribution in [0, 0.1) is 0 Å². The number of hydrogen-bond acceptors (Lipinski definition) is 3. The maximum absolute atomic E-state index is 5.90. The van der Waals surface area contributed by atoms with Crippen LogP contribution in [0.1, 0.15) is 11.1 Å². The van der Waals surface area contributed by atoms with E-state index < -0.39 is 0 Å². The molecule has 0 aliphatic heterocycles. The number of nitrogens with one attached hydrogen (secondary N) is 2. The fourth-order valence-corrected chi connectivity index (χ4v) is 2.43. The monoisotopic (exact) mass is 354 g/mol. The summed E-state index contributed by atoms with van der Waals surface area (Å²) in [5, 5.41) is 7.32. The molecule has 128 valence electrons. The van der Waals surface area contributed by atoms with Gasteiger partial charge >= 0.3 is 0 Å². The summed E-state index contributed by atoms with van der Waals surface area (Å²) in [5.41, 5.74) is 2.24. The first-order valence-corrected chi connectivity index (χ1v) is 8.24. The van der Waals surface area contributed by atoms with E-state index in [1.807, 2.05) is 47.2 Å². The first kappa shape index (κ1) is 17.0. The number of rotatable bonds is 5. The molecule has 0 aliphatic carbocycles. The number of pyridine rings is 1. The molecule has 0 fully saturated rings. The molecule has 3 aromatic rings. The van der Waals surface area contributed by atoms with E-state index in [-0.39, 0.29) is 0 Å². The van der Waals surface area contributed by atoms with Gasteiger partial charge in [0.25, 0.3) is 0 Å². The number of imidazole rings is 1. The number of hydrogen-bond donors (Lipinski definition) is 2. The van der Waals surface area contributed by atoms with Gasteiger partial charge < -0.3 is 10.6 Å². The van der Waals surface area contributed by atoms with Crippen LogP contribution in [0.5, 0.6) is 0 Å². The molecule has 6 nitrogen and oxygen atoms in total. The molecule has 0 saturated carbocycles. The second-order valence-corrected chi connectivity index (χ2v) is 5.83. The Morgan fingerprint density at radius 2 is 1.84 bits per heavy atom. The molecule has 0 spiro atoms. The van der Waals surface area contributed by atoms with Gasteiger partial charge in [-0.2, -0.15) is 0 Å². The zero-order valence-corrected chi connectivity index (χ0v) is 14.6. The summed E-state index contributed by atoms with van der Waals surface area (Å²) in [7, 11) is 1.75. The van der Waals surface area contributed by atoms with E-state index in [9.17, 15) is 0 Å². The standard InChI is InChI=1S/C18H19ClN6/c1-20-18(23-11-14-2-4-16(19)5-3-14)24-12-15-6-7-22-17(10-15)25-9-8-21-13-25/h2-10,13H,11-12H2,1H3,(H2,20,23,24). The minimum atomic E-state index is 0.643. The lowest BCUT2D eigenvalue weighted by Gasteiger charge is -2.12. The molecule has 0 bridgehead atoms. The number of aromatic nitrogens is 3. The number of guanidine groups is 1. The molecule has 1 aromatic carbocycles. The van der Waals surface area contributed by atoms with Crippen LogP contribution in [-0.2, 0) is 13.1 Å². The van der Waals surface area contributed by atoms with Crippen molar-refractivity contribution in [2.75, 3.05) is 7.05 Å². The van der Waals surface area contributed by atoms with Crippen molar-refractivity contribution in [2.45, 2.75) is 13.1 Å². The Balaban J connectivity index is 1.56. The van der Waals surface area contributed by atoms with Crippen molar-refractivity contribution in [1.29, 1.82) is 0 Å². The number of benzene rings is 1. The lowest BCUT2D eigenvalue weighted by atomic mass is 10.2. The Morgan fingerprint density at radius 3 is 2.52 bits per heavy atom. The highest BCUT2D eigenvalue weighted by Gasteiger charge is 2.02. The summed E-state index contributed by atoms with van der Waals surface area (Å²) in [6.45, 7) is 1.32. The van der Waals surface area contributed by atoms with Crippen LogP contribution in [0.3, 0.4) is 0 Å². The van der Waals surface area contributed by atoms with Gasteiger partial charge in [-0.1, -0.05) is 23.7 Å². The average molecular weight is 355 g/mol. The quantitative estimate of drug-likeness (QED) is 0.546. The zero-order valence-electron chi connectivity index (χ0n) is 13.9. The lowest BCUT2D eigenvalue weighted by Crippen LogP contribution is -2.36. The third kappa shape index (κ3) is 4.81. The lowest BCUT2D eigenvalue weighted by molar-refractivity contribution is 0.806. The third-order valence-corrected chi connectivity index (χ3v) is 3.89. The van der Waals surface area contributed by atoms with Crippen molar-refractivity contribution in [3.63, 3.8) is 0 Å². The summed E-state index contributed by atoms with van der Waals surface area (Å²) in [4.78, 5) is 12.6. The van der Waals surface area contributed by atoms with E-state index in [1.54, 1.807) is 25.8 Å². The van der Waals surface area contributed by atoms with Crippen LogP contribution in [0.15, 0.2) is 66.3 Å². The Labute approximate surface area is 151 Å². The summed E-state index contributed by atoms with van der Waals surface area (Å²) >= 11 is 5.90. The molecule has 0 amide bonds. The van der Waals surface area contributed by atoms with E-state index in [4.69, 9.17) is 11.6 Å². The van der Waals surface area contributed by atoms with Crippen LogP contribution in [0.2, 0.25) is 5.02 Å². The first-order chi connectivity index (χ1) is 12.2. The SMILES string of the molecule is CN=C(NCc1ccc(Cl)cc1)NCc1ccnc(-n2ccnc2)c1. The van der Waals surface area contributed by atoms with Crippen molar-refractivity contribution in [1.82, 2.24) is 25.2 Å². The summed E-state index contributed by atoms with van der Waals surface area (Å²) < 4.78 is 1.87. The van der Waals surface area contributed by atoms with Gasteiger partial charge in [0.1, 0.15) is 12.1 Å². The van der Waals surface area contributed by atoms with Crippen molar-refractivity contribution < 1.29 is 0 Å². The molecule has 2 aromatic heterocycles. The van der Waals surface area contributed by atoms with E-state index in [0.717, 1.165) is 27.9 Å². The van der Waals surface area contributed by atoms with Crippen LogP contribution >= 0.6 is 11.6 Å². The summed E-state index contributed by atoms with van der Waals surface area (Å²) in [6, 6.07) is 11.7. The van der Waals surface area contributed by atoms with Gasteiger partial charge in [0, 0.05) is 43.8 Å². The maximum atomic E-state index is 5.90. The Hall–Kier alpha value is -2.86. The second-order valence-electron chi connectivity index (χ2n) is 5.40. The second kappa shape index (κ2) is 8.30. The molecule has 0 radical (unpaired) electrons. The fourth-order valence-electron chi connectivity index (χ4n) is 2.30. The van der Waals surface area contributed by atoms with Crippen molar-refractivity contribution in [2.24, 2.45) is 4.99 Å². The van der Waals surface area contributed by atoms with Crippen molar-refractivity contribution in [3.05, 3.63) is 77.5 Å².